The highest BCUT2D eigenvalue weighted by Gasteiger charge is 2.36. The Kier molecular flexibility index (Phi) is 8.10. The highest BCUT2D eigenvalue weighted by Crippen LogP contribution is 2.38. The minimum atomic E-state index is -1.12. The van der Waals surface area contributed by atoms with Crippen molar-refractivity contribution in [3.8, 4) is 0 Å². The Morgan fingerprint density at radius 2 is 1.94 bits per heavy atom. The summed E-state index contributed by atoms with van der Waals surface area (Å²) in [4.78, 5) is 19.6. The van der Waals surface area contributed by atoms with Crippen molar-refractivity contribution in [1.29, 1.82) is 0 Å². The van der Waals surface area contributed by atoms with Crippen LogP contribution in [-0.4, -0.2) is 48.6 Å². The number of nitrogens with zero attached hydrogens (tertiary/aromatic N) is 3. The van der Waals surface area contributed by atoms with Gasteiger partial charge in [-0.1, -0.05) is 53.4 Å². The Morgan fingerprint density at radius 3 is 2.55 bits per heavy atom. The lowest BCUT2D eigenvalue weighted by atomic mass is 9.72. The fourth-order valence-electron chi connectivity index (χ4n) is 4.60. The van der Waals surface area contributed by atoms with Crippen LogP contribution in [-0.2, 0) is 28.1 Å². The number of ether oxygens (including phenoxy) is 1. The quantitative estimate of drug-likeness (QED) is 0.311. The fraction of sp³-hybridized carbons (Fsp3) is 0.704. The van der Waals surface area contributed by atoms with Crippen molar-refractivity contribution in [1.82, 2.24) is 14.5 Å². The number of amides is 1. The van der Waals surface area contributed by atoms with Crippen LogP contribution < -0.4 is 0 Å². The number of hydrogen-bond donors (Lipinski definition) is 0. The molecule has 0 spiro atoms. The van der Waals surface area contributed by atoms with Crippen LogP contribution in [0.2, 0.25) is 25.7 Å². The van der Waals surface area contributed by atoms with Crippen LogP contribution >= 0.6 is 0 Å². The lowest BCUT2D eigenvalue weighted by molar-refractivity contribution is -0.138. The van der Waals surface area contributed by atoms with E-state index in [-0.39, 0.29) is 11.3 Å². The predicted octanol–water partition coefficient (Wildman–Crippen LogP) is 6.08. The summed E-state index contributed by atoms with van der Waals surface area (Å²) in [5.74, 6) is 2.12. The van der Waals surface area contributed by atoms with E-state index < -0.39 is 8.07 Å². The molecule has 33 heavy (non-hydrogen) atoms. The molecule has 6 heteroatoms. The summed E-state index contributed by atoms with van der Waals surface area (Å²) in [5.41, 5.74) is 3.61. The van der Waals surface area contributed by atoms with Crippen LogP contribution in [0.3, 0.4) is 0 Å². The molecule has 0 unspecified atom stereocenters. The van der Waals surface area contributed by atoms with Crippen LogP contribution in [0.15, 0.2) is 18.2 Å². The van der Waals surface area contributed by atoms with Gasteiger partial charge in [-0.2, -0.15) is 0 Å². The van der Waals surface area contributed by atoms with E-state index in [2.05, 4.69) is 70.1 Å². The van der Waals surface area contributed by atoms with Crippen LogP contribution in [0.25, 0.3) is 11.0 Å². The van der Waals surface area contributed by atoms with Crippen molar-refractivity contribution >= 4 is 25.0 Å². The smallest absolute Gasteiger partial charge is 0.225 e. The number of fused-ring (bicyclic) bond motifs is 1. The van der Waals surface area contributed by atoms with E-state index in [1.54, 1.807) is 0 Å². The number of carbonyl (C=O) groups excluding carboxylic acids is 1. The van der Waals surface area contributed by atoms with E-state index in [1.807, 2.05) is 11.9 Å². The molecule has 1 aromatic carbocycles. The molecule has 1 aliphatic carbocycles. The molecule has 1 saturated carbocycles. The van der Waals surface area contributed by atoms with Gasteiger partial charge in [-0.3, -0.25) is 4.79 Å². The number of rotatable bonds is 10. The summed E-state index contributed by atoms with van der Waals surface area (Å²) in [6.45, 7) is 18.2. The van der Waals surface area contributed by atoms with Gasteiger partial charge in [-0.05, 0) is 54.3 Å². The predicted molar refractivity (Wildman–Crippen MR) is 140 cm³/mol. The second kappa shape index (κ2) is 10.3. The monoisotopic (exact) mass is 471 g/mol. The molecular weight excluding hydrogens is 426 g/mol. The number of carbonyl (C=O) groups is 1. The summed E-state index contributed by atoms with van der Waals surface area (Å²) in [6.07, 6.45) is 3.87. The van der Waals surface area contributed by atoms with E-state index in [0.717, 1.165) is 55.7 Å². The molecule has 1 heterocycles. The number of aromatic nitrogens is 2. The second-order valence-corrected chi connectivity index (χ2v) is 17.9. The molecule has 0 atom stereocenters. The van der Waals surface area contributed by atoms with Crippen LogP contribution in [0.4, 0.5) is 0 Å². The third-order valence-electron chi connectivity index (χ3n) is 6.90. The number of imidazole rings is 1. The first kappa shape index (κ1) is 26.0. The summed E-state index contributed by atoms with van der Waals surface area (Å²) in [5, 5.41) is 0. The fourth-order valence-corrected chi connectivity index (χ4v) is 5.36. The SMILES string of the molecule is CCCN(C)C(=O)C1CC(Cc2nc3cc(C(C)(C)C)ccc3n2COCC[Si](C)(C)C)C1. The molecule has 1 aliphatic rings. The largest absolute Gasteiger partial charge is 0.361 e. The first-order valence-corrected chi connectivity index (χ1v) is 16.4. The third kappa shape index (κ3) is 6.69. The van der Waals surface area contributed by atoms with Gasteiger partial charge in [0.25, 0.3) is 0 Å². The zero-order valence-corrected chi connectivity index (χ0v) is 23.2. The van der Waals surface area contributed by atoms with Gasteiger partial charge in [0.2, 0.25) is 5.91 Å². The Hall–Kier alpha value is -1.66. The maximum Gasteiger partial charge on any atom is 0.225 e. The van der Waals surface area contributed by atoms with E-state index in [9.17, 15) is 4.79 Å². The standard InChI is InChI=1S/C27H45N3O2Si/c1-9-12-29(5)26(31)21-15-20(16-21)17-25-28-23-18-22(27(2,3)4)10-11-24(23)30(25)19-32-13-14-33(6,7)8/h10-11,18,20-21H,9,12-17,19H2,1-8H3. The molecule has 0 radical (unpaired) electrons. The molecule has 1 amide bonds. The summed E-state index contributed by atoms with van der Waals surface area (Å²) >= 11 is 0. The van der Waals surface area contributed by atoms with Crippen molar-refractivity contribution < 1.29 is 9.53 Å². The molecule has 2 aromatic rings. The van der Waals surface area contributed by atoms with Gasteiger partial charge in [0.15, 0.2) is 0 Å². The van der Waals surface area contributed by atoms with Crippen molar-refractivity contribution in [2.45, 2.75) is 91.2 Å². The minimum absolute atomic E-state index is 0.0953. The average Bonchev–Trinajstić information content (AvgIpc) is 3.02. The van der Waals surface area contributed by atoms with Crippen LogP contribution in [0.5, 0.6) is 0 Å². The zero-order valence-electron chi connectivity index (χ0n) is 22.2. The van der Waals surface area contributed by atoms with Gasteiger partial charge in [0, 0.05) is 40.6 Å². The molecule has 0 aliphatic heterocycles. The number of benzene rings is 1. The summed E-state index contributed by atoms with van der Waals surface area (Å²) in [6, 6.07) is 7.85. The lowest BCUT2D eigenvalue weighted by Gasteiger charge is -2.36. The zero-order chi connectivity index (χ0) is 24.4. The van der Waals surface area contributed by atoms with E-state index in [0.29, 0.717) is 18.6 Å². The van der Waals surface area contributed by atoms with Crippen molar-refractivity contribution in [3.63, 3.8) is 0 Å². The Morgan fingerprint density at radius 1 is 1.24 bits per heavy atom. The summed E-state index contributed by atoms with van der Waals surface area (Å²) < 4.78 is 8.42. The molecule has 0 saturated heterocycles. The first-order chi connectivity index (χ1) is 15.4. The molecule has 1 aromatic heterocycles. The Bertz CT molecular complexity index is 949. The van der Waals surface area contributed by atoms with Gasteiger partial charge >= 0.3 is 0 Å². The molecule has 3 rings (SSSR count). The van der Waals surface area contributed by atoms with E-state index in [1.165, 1.54) is 11.6 Å². The Balaban J connectivity index is 1.74. The number of hydrogen-bond acceptors (Lipinski definition) is 3. The highest BCUT2D eigenvalue weighted by atomic mass is 28.3. The van der Waals surface area contributed by atoms with Gasteiger partial charge < -0.3 is 14.2 Å². The second-order valence-electron chi connectivity index (χ2n) is 12.3. The maximum atomic E-state index is 12.6. The summed E-state index contributed by atoms with van der Waals surface area (Å²) in [7, 11) is 0.816. The van der Waals surface area contributed by atoms with Crippen molar-refractivity contribution in [3.05, 3.63) is 29.6 Å². The maximum absolute atomic E-state index is 12.6. The molecule has 0 N–H and O–H groups in total. The normalized spacial score (nSPS) is 19.0. The van der Waals surface area contributed by atoms with Gasteiger partial charge in [-0.15, -0.1) is 0 Å². The van der Waals surface area contributed by atoms with Crippen LogP contribution in [0, 0.1) is 11.8 Å². The lowest BCUT2D eigenvalue weighted by Crippen LogP contribution is -2.41. The van der Waals surface area contributed by atoms with Gasteiger partial charge in [-0.25, -0.2) is 4.98 Å². The molecular formula is C27H45N3O2Si. The van der Waals surface area contributed by atoms with Gasteiger partial charge in [0.1, 0.15) is 12.6 Å². The minimum Gasteiger partial charge on any atom is -0.361 e. The van der Waals surface area contributed by atoms with Crippen LogP contribution in [0.1, 0.15) is 58.3 Å². The third-order valence-corrected chi connectivity index (χ3v) is 8.61. The van der Waals surface area contributed by atoms with E-state index >= 15 is 0 Å². The molecule has 184 valence electrons. The molecule has 5 nitrogen and oxygen atoms in total. The van der Waals surface area contributed by atoms with Crippen molar-refractivity contribution in [2.24, 2.45) is 11.8 Å². The van der Waals surface area contributed by atoms with Crippen molar-refractivity contribution in [2.75, 3.05) is 20.2 Å². The van der Waals surface area contributed by atoms with Gasteiger partial charge in [0.05, 0.1) is 11.0 Å². The molecule has 0 bridgehead atoms. The topological polar surface area (TPSA) is 47.4 Å². The first-order valence-electron chi connectivity index (χ1n) is 12.7. The molecule has 1 fully saturated rings. The van der Waals surface area contributed by atoms with E-state index in [4.69, 9.17) is 9.72 Å². The Labute approximate surface area is 201 Å². The average molecular weight is 472 g/mol. The highest BCUT2D eigenvalue weighted by molar-refractivity contribution is 6.76.